The van der Waals surface area contributed by atoms with E-state index in [-0.39, 0.29) is 11.8 Å². The molecular formula is C13H17ClF3NO2. The Morgan fingerprint density at radius 1 is 1.35 bits per heavy atom. The Morgan fingerprint density at radius 3 is 2.50 bits per heavy atom. The smallest absolute Gasteiger partial charge is 0.392 e. The first-order chi connectivity index (χ1) is 9.23. The minimum absolute atomic E-state index is 0.178. The van der Waals surface area contributed by atoms with Gasteiger partial charge < -0.3 is 15.2 Å². The molecule has 0 spiro atoms. The quantitative estimate of drug-likeness (QED) is 0.873. The zero-order chi connectivity index (χ0) is 15.3. The van der Waals surface area contributed by atoms with Crippen LogP contribution in [0.5, 0.6) is 11.5 Å². The maximum Gasteiger partial charge on any atom is 0.392 e. The average molecular weight is 312 g/mol. The molecule has 0 bridgehead atoms. The van der Waals surface area contributed by atoms with Crippen LogP contribution in [0, 0.1) is 0 Å². The Morgan fingerprint density at radius 2 is 2.00 bits per heavy atom. The zero-order valence-electron chi connectivity index (χ0n) is 11.3. The fraction of sp³-hybridized carbons (Fsp3) is 0.538. The molecule has 0 amide bonds. The lowest BCUT2D eigenvalue weighted by Gasteiger charge is -2.17. The topological polar surface area (TPSA) is 44.5 Å². The van der Waals surface area contributed by atoms with E-state index in [0.29, 0.717) is 22.8 Å². The van der Waals surface area contributed by atoms with Gasteiger partial charge in [0, 0.05) is 22.7 Å². The summed E-state index contributed by atoms with van der Waals surface area (Å²) in [7, 11) is 1.40. The summed E-state index contributed by atoms with van der Waals surface area (Å²) in [5, 5.41) is 0.417. The third kappa shape index (κ3) is 5.46. The van der Waals surface area contributed by atoms with E-state index in [1.54, 1.807) is 13.0 Å². The van der Waals surface area contributed by atoms with Gasteiger partial charge in [0.05, 0.1) is 20.1 Å². The number of halogens is 4. The highest BCUT2D eigenvalue weighted by Gasteiger charge is 2.27. The molecule has 0 saturated carbocycles. The van der Waals surface area contributed by atoms with Gasteiger partial charge in [-0.25, -0.2) is 0 Å². The van der Waals surface area contributed by atoms with Gasteiger partial charge in [0.2, 0.25) is 0 Å². The van der Waals surface area contributed by atoms with Crippen LogP contribution in [-0.4, -0.2) is 25.9 Å². The number of rotatable bonds is 6. The minimum Gasteiger partial charge on any atom is -0.493 e. The van der Waals surface area contributed by atoms with Crippen LogP contribution in [0.2, 0.25) is 5.02 Å². The van der Waals surface area contributed by atoms with Crippen LogP contribution in [0.1, 0.15) is 18.9 Å². The summed E-state index contributed by atoms with van der Waals surface area (Å²) < 4.78 is 46.8. The van der Waals surface area contributed by atoms with Gasteiger partial charge in [-0.2, -0.15) is 13.2 Å². The molecule has 0 aliphatic heterocycles. The minimum atomic E-state index is -4.26. The van der Waals surface area contributed by atoms with Crippen molar-refractivity contribution < 1.29 is 22.6 Å². The van der Waals surface area contributed by atoms with Crippen molar-refractivity contribution in [3.63, 3.8) is 0 Å². The highest BCUT2D eigenvalue weighted by Crippen LogP contribution is 2.36. The van der Waals surface area contributed by atoms with E-state index in [0.717, 1.165) is 0 Å². The first-order valence-electron chi connectivity index (χ1n) is 6.04. The summed E-state index contributed by atoms with van der Waals surface area (Å²) >= 11 is 5.93. The number of hydrogen-bond acceptors (Lipinski definition) is 3. The molecule has 0 aliphatic carbocycles. The highest BCUT2D eigenvalue weighted by atomic mass is 35.5. The maximum atomic E-state index is 12.2. The molecular weight excluding hydrogens is 295 g/mol. The molecule has 1 rings (SSSR count). The highest BCUT2D eigenvalue weighted by molar-refractivity contribution is 6.30. The van der Waals surface area contributed by atoms with Gasteiger partial charge in [0.15, 0.2) is 11.5 Å². The van der Waals surface area contributed by atoms with E-state index in [9.17, 15) is 13.2 Å². The summed E-state index contributed by atoms with van der Waals surface area (Å²) in [6, 6.07) is 2.94. The first kappa shape index (κ1) is 16.9. The standard InChI is InChI=1S/C13H17ClF3NO2/c1-8(18)5-9-6-10(14)7-11(19-2)12(9)20-4-3-13(15,16)17/h6-8H,3-5,18H2,1-2H3. The van der Waals surface area contributed by atoms with Crippen LogP contribution in [0.4, 0.5) is 13.2 Å². The van der Waals surface area contributed by atoms with E-state index >= 15 is 0 Å². The third-order valence-electron chi connectivity index (χ3n) is 2.49. The summed E-state index contributed by atoms with van der Waals surface area (Å²) in [6.45, 7) is 1.31. The molecule has 1 aromatic carbocycles. The molecule has 114 valence electrons. The number of hydrogen-bond donors (Lipinski definition) is 1. The molecule has 0 aromatic heterocycles. The van der Waals surface area contributed by atoms with Gasteiger partial charge >= 0.3 is 6.18 Å². The fourth-order valence-corrected chi connectivity index (χ4v) is 1.94. The lowest BCUT2D eigenvalue weighted by molar-refractivity contribution is -0.139. The van der Waals surface area contributed by atoms with E-state index < -0.39 is 19.2 Å². The summed E-state index contributed by atoms with van der Waals surface area (Å²) in [5.41, 5.74) is 6.34. The van der Waals surface area contributed by atoms with Crippen molar-refractivity contribution in [1.29, 1.82) is 0 Å². The van der Waals surface area contributed by atoms with Crippen molar-refractivity contribution in [2.75, 3.05) is 13.7 Å². The summed E-state index contributed by atoms with van der Waals surface area (Å²) in [6.07, 6.45) is -4.87. The predicted octanol–water partition coefficient (Wildman–Crippen LogP) is 3.57. The second-order valence-electron chi connectivity index (χ2n) is 4.49. The van der Waals surface area contributed by atoms with Gasteiger partial charge in [-0.1, -0.05) is 11.6 Å². The molecule has 0 fully saturated rings. The van der Waals surface area contributed by atoms with Gasteiger partial charge in [-0.05, 0) is 19.4 Å². The molecule has 20 heavy (non-hydrogen) atoms. The van der Waals surface area contributed by atoms with Crippen LogP contribution in [0.15, 0.2) is 12.1 Å². The second-order valence-corrected chi connectivity index (χ2v) is 4.93. The average Bonchev–Trinajstić information content (AvgIpc) is 2.29. The Balaban J connectivity index is 2.95. The van der Waals surface area contributed by atoms with E-state index in [2.05, 4.69) is 0 Å². The monoisotopic (exact) mass is 311 g/mol. The normalized spacial score (nSPS) is 13.2. The SMILES string of the molecule is COc1cc(Cl)cc(CC(C)N)c1OCCC(F)(F)F. The van der Waals surface area contributed by atoms with Crippen molar-refractivity contribution in [1.82, 2.24) is 0 Å². The molecule has 0 radical (unpaired) electrons. The number of nitrogens with two attached hydrogens (primary N) is 1. The number of benzene rings is 1. The number of alkyl halides is 3. The van der Waals surface area contributed by atoms with Crippen molar-refractivity contribution in [2.24, 2.45) is 5.73 Å². The van der Waals surface area contributed by atoms with E-state index in [4.69, 9.17) is 26.8 Å². The first-order valence-corrected chi connectivity index (χ1v) is 6.42. The Hall–Kier alpha value is -1.14. The Kier molecular flexibility index (Phi) is 5.95. The largest absolute Gasteiger partial charge is 0.493 e. The predicted molar refractivity (Wildman–Crippen MR) is 71.5 cm³/mol. The van der Waals surface area contributed by atoms with Crippen LogP contribution in [-0.2, 0) is 6.42 Å². The Labute approximate surface area is 120 Å². The number of methoxy groups -OCH3 is 1. The Bertz CT molecular complexity index is 450. The molecule has 0 heterocycles. The van der Waals surface area contributed by atoms with Crippen LogP contribution >= 0.6 is 11.6 Å². The fourth-order valence-electron chi connectivity index (χ4n) is 1.71. The summed E-state index contributed by atoms with van der Waals surface area (Å²) in [4.78, 5) is 0. The maximum absolute atomic E-state index is 12.2. The number of ether oxygens (including phenoxy) is 2. The molecule has 7 heteroatoms. The third-order valence-corrected chi connectivity index (χ3v) is 2.71. The van der Waals surface area contributed by atoms with Gasteiger partial charge in [-0.3, -0.25) is 0 Å². The molecule has 1 unspecified atom stereocenters. The molecule has 1 atom stereocenters. The van der Waals surface area contributed by atoms with Gasteiger partial charge in [0.25, 0.3) is 0 Å². The molecule has 0 aliphatic rings. The zero-order valence-corrected chi connectivity index (χ0v) is 12.0. The van der Waals surface area contributed by atoms with Crippen molar-refractivity contribution in [3.05, 3.63) is 22.7 Å². The van der Waals surface area contributed by atoms with Crippen molar-refractivity contribution in [2.45, 2.75) is 32.0 Å². The molecule has 2 N–H and O–H groups in total. The van der Waals surface area contributed by atoms with E-state index in [1.165, 1.54) is 13.2 Å². The van der Waals surface area contributed by atoms with Crippen LogP contribution in [0.3, 0.4) is 0 Å². The molecule has 3 nitrogen and oxygen atoms in total. The lowest BCUT2D eigenvalue weighted by Crippen LogP contribution is -2.19. The van der Waals surface area contributed by atoms with E-state index in [1.807, 2.05) is 0 Å². The lowest BCUT2D eigenvalue weighted by atomic mass is 10.1. The van der Waals surface area contributed by atoms with Crippen LogP contribution in [0.25, 0.3) is 0 Å². The van der Waals surface area contributed by atoms with Crippen LogP contribution < -0.4 is 15.2 Å². The molecule has 0 saturated heterocycles. The van der Waals surface area contributed by atoms with Gasteiger partial charge in [-0.15, -0.1) is 0 Å². The van der Waals surface area contributed by atoms with Crippen molar-refractivity contribution in [3.8, 4) is 11.5 Å². The van der Waals surface area contributed by atoms with Gasteiger partial charge in [0.1, 0.15) is 0 Å². The molecule has 1 aromatic rings. The summed E-state index contributed by atoms with van der Waals surface area (Å²) in [5.74, 6) is 0.564. The van der Waals surface area contributed by atoms with Crippen molar-refractivity contribution >= 4 is 11.6 Å². The second kappa shape index (κ2) is 7.04.